The summed E-state index contributed by atoms with van der Waals surface area (Å²) in [6.07, 6.45) is 1.74. The number of aromatic amines is 1. The zero-order chi connectivity index (χ0) is 21.5. The third kappa shape index (κ3) is 5.00. The summed E-state index contributed by atoms with van der Waals surface area (Å²) in [6.45, 7) is 0.424. The van der Waals surface area contributed by atoms with Crippen LogP contribution < -0.4 is 14.8 Å². The predicted octanol–water partition coefficient (Wildman–Crippen LogP) is 3.45. The molecule has 7 heteroatoms. The minimum atomic E-state index is -0.280. The van der Waals surface area contributed by atoms with Crippen molar-refractivity contribution in [3.05, 3.63) is 72.6 Å². The van der Waals surface area contributed by atoms with Crippen LogP contribution in [0.25, 0.3) is 22.2 Å². The molecule has 2 aromatic heterocycles. The van der Waals surface area contributed by atoms with Crippen molar-refractivity contribution in [1.29, 1.82) is 0 Å². The van der Waals surface area contributed by atoms with E-state index >= 15 is 0 Å². The van der Waals surface area contributed by atoms with Crippen molar-refractivity contribution < 1.29 is 14.3 Å². The number of H-pyrrole nitrogens is 1. The van der Waals surface area contributed by atoms with Crippen LogP contribution in [0.2, 0.25) is 0 Å². The lowest BCUT2D eigenvalue weighted by atomic mass is 10.1. The van der Waals surface area contributed by atoms with Gasteiger partial charge in [0.15, 0.2) is 0 Å². The number of aromatic nitrogens is 3. The van der Waals surface area contributed by atoms with Crippen LogP contribution in [0.15, 0.2) is 66.9 Å². The third-order valence-corrected chi connectivity index (χ3v) is 4.54. The lowest BCUT2D eigenvalue weighted by Gasteiger charge is -2.03. The molecule has 0 saturated heterocycles. The van der Waals surface area contributed by atoms with Crippen molar-refractivity contribution in [3.8, 4) is 34.6 Å². The van der Waals surface area contributed by atoms with Crippen molar-refractivity contribution in [2.45, 2.75) is 0 Å². The second kappa shape index (κ2) is 9.46. The summed E-state index contributed by atoms with van der Waals surface area (Å²) >= 11 is 0. The van der Waals surface area contributed by atoms with Gasteiger partial charge in [-0.15, -0.1) is 0 Å². The highest BCUT2D eigenvalue weighted by molar-refractivity contribution is 5.93. The second-order valence-corrected chi connectivity index (χ2v) is 6.58. The molecule has 0 atom stereocenters. The Hall–Kier alpha value is -4.31. The number of carbonyl (C=O) groups excluding carboxylic acids is 1. The molecule has 0 aliphatic carbocycles. The van der Waals surface area contributed by atoms with Crippen molar-refractivity contribution in [2.75, 3.05) is 20.3 Å². The largest absolute Gasteiger partial charge is 0.497 e. The summed E-state index contributed by atoms with van der Waals surface area (Å²) < 4.78 is 10.8. The Morgan fingerprint density at radius 3 is 2.90 bits per heavy atom. The molecule has 0 radical (unpaired) electrons. The van der Waals surface area contributed by atoms with Gasteiger partial charge in [-0.1, -0.05) is 30.0 Å². The average molecular weight is 412 g/mol. The highest BCUT2D eigenvalue weighted by Crippen LogP contribution is 2.22. The van der Waals surface area contributed by atoms with E-state index in [0.717, 1.165) is 22.2 Å². The van der Waals surface area contributed by atoms with Crippen LogP contribution >= 0.6 is 0 Å². The first kappa shape index (κ1) is 20.0. The third-order valence-electron chi connectivity index (χ3n) is 4.54. The van der Waals surface area contributed by atoms with Crippen molar-refractivity contribution in [2.24, 2.45) is 0 Å². The van der Waals surface area contributed by atoms with Gasteiger partial charge in [-0.25, -0.2) is 0 Å². The monoisotopic (exact) mass is 412 g/mol. The fourth-order valence-corrected chi connectivity index (χ4v) is 2.96. The van der Waals surface area contributed by atoms with Crippen molar-refractivity contribution in [3.63, 3.8) is 0 Å². The maximum absolute atomic E-state index is 12.3. The summed E-state index contributed by atoms with van der Waals surface area (Å²) in [5, 5.41) is 10.7. The molecule has 4 aromatic rings. The van der Waals surface area contributed by atoms with Crippen LogP contribution in [0.4, 0.5) is 0 Å². The van der Waals surface area contributed by atoms with E-state index in [4.69, 9.17) is 9.47 Å². The van der Waals surface area contributed by atoms with Crippen LogP contribution in [0, 0.1) is 11.8 Å². The van der Waals surface area contributed by atoms with Crippen LogP contribution in [0.1, 0.15) is 10.5 Å². The number of hydrogen-bond acceptors (Lipinski definition) is 5. The normalized spacial score (nSPS) is 10.2. The molecular formula is C24H20N4O3. The number of hydrogen-bond donors (Lipinski definition) is 2. The summed E-state index contributed by atoms with van der Waals surface area (Å²) in [4.78, 5) is 16.6. The van der Waals surface area contributed by atoms with E-state index in [1.54, 1.807) is 19.4 Å². The number of pyridine rings is 1. The van der Waals surface area contributed by atoms with Gasteiger partial charge in [-0.05, 0) is 36.4 Å². The number of fused-ring (bicyclic) bond motifs is 1. The molecule has 0 unspecified atom stereocenters. The molecule has 7 nitrogen and oxygen atoms in total. The van der Waals surface area contributed by atoms with Gasteiger partial charge in [0.1, 0.15) is 23.8 Å². The van der Waals surface area contributed by atoms with E-state index in [1.165, 1.54) is 0 Å². The Bertz CT molecular complexity index is 1270. The highest BCUT2D eigenvalue weighted by atomic mass is 16.5. The number of nitrogens with one attached hydrogen (secondary N) is 2. The fourth-order valence-electron chi connectivity index (χ4n) is 2.96. The number of methoxy groups -OCH3 is 1. The first-order chi connectivity index (χ1) is 15.2. The maximum atomic E-state index is 12.3. The molecule has 0 aliphatic rings. The van der Waals surface area contributed by atoms with Gasteiger partial charge in [-0.2, -0.15) is 5.10 Å². The highest BCUT2D eigenvalue weighted by Gasteiger charge is 2.10. The molecule has 0 aliphatic heterocycles. The molecular weight excluding hydrogens is 392 g/mol. The Morgan fingerprint density at radius 2 is 2.00 bits per heavy atom. The van der Waals surface area contributed by atoms with Crippen molar-refractivity contribution >= 4 is 16.8 Å². The lowest BCUT2D eigenvalue weighted by Crippen LogP contribution is -2.24. The van der Waals surface area contributed by atoms with Gasteiger partial charge >= 0.3 is 0 Å². The lowest BCUT2D eigenvalue weighted by molar-refractivity contribution is 0.0953. The topological polar surface area (TPSA) is 89.1 Å². The second-order valence-electron chi connectivity index (χ2n) is 6.58. The fraction of sp³-hybridized carbons (Fsp3) is 0.125. The van der Waals surface area contributed by atoms with E-state index < -0.39 is 0 Å². The first-order valence-corrected chi connectivity index (χ1v) is 9.64. The van der Waals surface area contributed by atoms with Crippen LogP contribution in [0.3, 0.4) is 0 Å². The molecule has 0 fully saturated rings. The minimum Gasteiger partial charge on any atom is -0.497 e. The van der Waals surface area contributed by atoms with E-state index in [0.29, 0.717) is 17.1 Å². The van der Waals surface area contributed by atoms with E-state index in [-0.39, 0.29) is 19.1 Å². The first-order valence-electron chi connectivity index (χ1n) is 9.64. The van der Waals surface area contributed by atoms with Crippen LogP contribution in [-0.4, -0.2) is 41.3 Å². The Labute approximate surface area is 179 Å². The molecule has 0 bridgehead atoms. The molecule has 2 aromatic carbocycles. The maximum Gasteiger partial charge on any atom is 0.270 e. The average Bonchev–Trinajstić information content (AvgIpc) is 3.32. The number of benzene rings is 2. The predicted molar refractivity (Wildman–Crippen MR) is 118 cm³/mol. The Morgan fingerprint density at radius 1 is 1.06 bits per heavy atom. The molecule has 2 N–H and O–H groups in total. The molecule has 2 heterocycles. The summed E-state index contributed by atoms with van der Waals surface area (Å²) in [5.41, 5.74) is 2.75. The zero-order valence-corrected chi connectivity index (χ0v) is 16.9. The molecule has 0 saturated carbocycles. The number of carbonyl (C=O) groups is 1. The van der Waals surface area contributed by atoms with E-state index in [2.05, 4.69) is 32.3 Å². The van der Waals surface area contributed by atoms with Crippen LogP contribution in [0.5, 0.6) is 11.5 Å². The number of nitrogens with zero attached hydrogens (tertiary/aromatic N) is 2. The zero-order valence-electron chi connectivity index (χ0n) is 16.9. The van der Waals surface area contributed by atoms with Crippen molar-refractivity contribution in [1.82, 2.24) is 20.5 Å². The van der Waals surface area contributed by atoms with Gasteiger partial charge < -0.3 is 14.8 Å². The quantitative estimate of drug-likeness (QED) is 0.474. The Kier molecular flexibility index (Phi) is 6.10. The molecule has 1 amide bonds. The number of rotatable bonds is 6. The molecule has 4 rings (SSSR count). The SMILES string of the molecule is COc1cccc(-c2cc(C(=O)NCC#CCOc3ccc4cccnc4c3)[nH]n2)c1. The summed E-state index contributed by atoms with van der Waals surface area (Å²) in [7, 11) is 1.60. The minimum absolute atomic E-state index is 0.203. The Balaban J connectivity index is 1.27. The smallest absolute Gasteiger partial charge is 0.270 e. The van der Waals surface area contributed by atoms with Gasteiger partial charge in [-0.3, -0.25) is 14.9 Å². The van der Waals surface area contributed by atoms with Gasteiger partial charge in [0.25, 0.3) is 5.91 Å². The van der Waals surface area contributed by atoms with Gasteiger partial charge in [0, 0.05) is 23.2 Å². The van der Waals surface area contributed by atoms with Crippen LogP contribution in [-0.2, 0) is 0 Å². The van der Waals surface area contributed by atoms with E-state index in [9.17, 15) is 4.79 Å². The summed E-state index contributed by atoms with van der Waals surface area (Å²) in [5.74, 6) is 6.91. The standard InChI is InChI=1S/C24H20N4O3/c1-30-19-8-4-6-18(14-19)22-16-23(28-27-22)24(29)26-11-2-3-13-31-20-10-9-17-7-5-12-25-21(17)15-20/h4-10,12,14-16H,11,13H2,1H3,(H,26,29)(H,27,28). The number of ether oxygens (including phenoxy) is 2. The van der Waals surface area contributed by atoms with Gasteiger partial charge in [0.2, 0.25) is 0 Å². The number of amides is 1. The van der Waals surface area contributed by atoms with E-state index in [1.807, 2.05) is 54.6 Å². The molecule has 154 valence electrons. The van der Waals surface area contributed by atoms with Gasteiger partial charge in [0.05, 0.1) is 24.9 Å². The molecule has 31 heavy (non-hydrogen) atoms. The summed E-state index contributed by atoms with van der Waals surface area (Å²) in [6, 6.07) is 18.8. The molecule has 0 spiro atoms.